The van der Waals surface area contributed by atoms with Crippen LogP contribution in [0, 0.1) is 5.92 Å². The Hall–Kier alpha value is -2.18. The smallest absolute Gasteiger partial charge is 0.311 e. The van der Waals surface area contributed by atoms with E-state index in [2.05, 4.69) is 4.74 Å². The van der Waals surface area contributed by atoms with Gasteiger partial charge in [0.1, 0.15) is 12.4 Å². The predicted octanol–water partition coefficient (Wildman–Crippen LogP) is 1.86. The summed E-state index contributed by atoms with van der Waals surface area (Å²) < 4.78 is 34.2. The number of para-hydroxylation sites is 2. The normalized spacial score (nSPS) is 18.2. The fourth-order valence-corrected chi connectivity index (χ4v) is 2.22. The second-order valence-corrected chi connectivity index (χ2v) is 4.60. The lowest BCUT2D eigenvalue weighted by molar-refractivity contribution is -0.145. The number of alkyl halides is 2. The molecule has 1 heterocycles. The molecule has 2 rings (SSSR count). The lowest BCUT2D eigenvalue weighted by atomic mass is 10.1. The fraction of sp³-hybridized carbons (Fsp3) is 0.429. The maximum atomic E-state index is 12.3. The summed E-state index contributed by atoms with van der Waals surface area (Å²) >= 11 is 0. The topological polar surface area (TPSA) is 55.8 Å². The highest BCUT2D eigenvalue weighted by molar-refractivity contribution is 6.00. The zero-order valence-electron chi connectivity index (χ0n) is 11.4. The molecule has 5 nitrogen and oxygen atoms in total. The Bertz CT molecular complexity index is 535. The number of hydrogen-bond acceptors (Lipinski definition) is 4. The Morgan fingerprint density at radius 1 is 1.43 bits per heavy atom. The van der Waals surface area contributed by atoms with Crippen molar-refractivity contribution in [2.45, 2.75) is 12.8 Å². The number of anilines is 1. The number of benzene rings is 1. The molecular formula is C14H15F2NO4. The van der Waals surface area contributed by atoms with Gasteiger partial charge in [0, 0.05) is 13.0 Å². The minimum atomic E-state index is -2.60. The van der Waals surface area contributed by atoms with Crippen LogP contribution in [0.25, 0.3) is 0 Å². The number of ether oxygens (including phenoxy) is 2. The Balaban J connectivity index is 2.18. The van der Waals surface area contributed by atoms with Crippen molar-refractivity contribution in [3.63, 3.8) is 0 Å². The first-order valence-corrected chi connectivity index (χ1v) is 6.41. The molecule has 0 radical (unpaired) electrons. The van der Waals surface area contributed by atoms with E-state index in [1.165, 1.54) is 18.1 Å². The molecule has 0 aliphatic carbocycles. The highest BCUT2D eigenvalue weighted by Crippen LogP contribution is 2.33. The monoisotopic (exact) mass is 299 g/mol. The molecule has 1 aliphatic rings. The molecule has 1 unspecified atom stereocenters. The zero-order chi connectivity index (χ0) is 15.4. The van der Waals surface area contributed by atoms with Crippen molar-refractivity contribution < 1.29 is 27.8 Å². The van der Waals surface area contributed by atoms with Crippen molar-refractivity contribution in [2.75, 3.05) is 25.2 Å². The van der Waals surface area contributed by atoms with Crippen LogP contribution in [0.15, 0.2) is 24.3 Å². The zero-order valence-corrected chi connectivity index (χ0v) is 11.4. The molecule has 1 aromatic carbocycles. The average Bonchev–Trinajstić information content (AvgIpc) is 2.86. The van der Waals surface area contributed by atoms with Crippen LogP contribution in [0.4, 0.5) is 14.5 Å². The van der Waals surface area contributed by atoms with Crippen molar-refractivity contribution >= 4 is 17.6 Å². The maximum Gasteiger partial charge on any atom is 0.311 e. The summed E-state index contributed by atoms with van der Waals surface area (Å²) in [6.07, 6.45) is -2.56. The number of carbonyl (C=O) groups excluding carboxylic acids is 2. The maximum absolute atomic E-state index is 12.3. The molecule has 1 amide bonds. The summed E-state index contributed by atoms with van der Waals surface area (Å²) in [5, 5.41) is 0. The van der Waals surface area contributed by atoms with E-state index in [1.54, 1.807) is 18.2 Å². The Labute approximate surface area is 120 Å². The van der Waals surface area contributed by atoms with Crippen LogP contribution >= 0.6 is 0 Å². The van der Waals surface area contributed by atoms with E-state index in [4.69, 9.17) is 4.74 Å². The van der Waals surface area contributed by atoms with Crippen LogP contribution < -0.4 is 9.64 Å². The number of nitrogens with zero attached hydrogens (tertiary/aromatic N) is 1. The molecular weight excluding hydrogens is 284 g/mol. The first-order chi connectivity index (χ1) is 10.0. The SMILES string of the molecule is COC(=O)C1CC(=O)N(c2ccccc2OCC(F)F)C1. The van der Waals surface area contributed by atoms with Gasteiger partial charge >= 0.3 is 5.97 Å². The van der Waals surface area contributed by atoms with E-state index < -0.39 is 24.9 Å². The molecule has 0 aromatic heterocycles. The standard InChI is InChI=1S/C14H15F2NO4/c1-20-14(19)9-6-13(18)17(7-9)10-4-2-3-5-11(10)21-8-12(15)16/h2-5,9,12H,6-8H2,1H3. The number of amides is 1. The molecule has 0 saturated carbocycles. The van der Waals surface area contributed by atoms with E-state index in [1.807, 2.05) is 0 Å². The van der Waals surface area contributed by atoms with E-state index in [0.717, 1.165) is 0 Å². The van der Waals surface area contributed by atoms with E-state index in [9.17, 15) is 18.4 Å². The van der Waals surface area contributed by atoms with Crippen molar-refractivity contribution in [2.24, 2.45) is 5.92 Å². The van der Waals surface area contributed by atoms with Crippen LogP contribution in [0.2, 0.25) is 0 Å². The number of halogens is 2. The fourth-order valence-electron chi connectivity index (χ4n) is 2.22. The number of methoxy groups -OCH3 is 1. The molecule has 1 aromatic rings. The van der Waals surface area contributed by atoms with E-state index in [0.29, 0.717) is 5.69 Å². The van der Waals surface area contributed by atoms with Crippen molar-refractivity contribution in [1.29, 1.82) is 0 Å². The van der Waals surface area contributed by atoms with Crippen LogP contribution in [-0.2, 0) is 14.3 Å². The van der Waals surface area contributed by atoms with Crippen LogP contribution in [0.3, 0.4) is 0 Å². The third kappa shape index (κ3) is 3.48. The van der Waals surface area contributed by atoms with Gasteiger partial charge in [0.05, 0.1) is 18.7 Å². The molecule has 0 N–H and O–H groups in total. The molecule has 114 valence electrons. The lowest BCUT2D eigenvalue weighted by Gasteiger charge is -2.20. The van der Waals surface area contributed by atoms with Crippen LogP contribution in [0.5, 0.6) is 5.75 Å². The van der Waals surface area contributed by atoms with Gasteiger partial charge in [0.15, 0.2) is 0 Å². The summed E-state index contributed by atoms with van der Waals surface area (Å²) in [5.74, 6) is -1.09. The molecule has 7 heteroatoms. The summed E-state index contributed by atoms with van der Waals surface area (Å²) in [6.45, 7) is -0.597. The van der Waals surface area contributed by atoms with Crippen molar-refractivity contribution in [1.82, 2.24) is 0 Å². The molecule has 0 spiro atoms. The van der Waals surface area contributed by atoms with Gasteiger partial charge in [-0.05, 0) is 12.1 Å². The van der Waals surface area contributed by atoms with Crippen LogP contribution in [-0.4, -0.2) is 38.6 Å². The highest BCUT2D eigenvalue weighted by atomic mass is 19.3. The summed E-state index contributed by atoms with van der Waals surface area (Å²) in [4.78, 5) is 24.9. The summed E-state index contributed by atoms with van der Waals surface area (Å²) in [5.41, 5.74) is 0.384. The van der Waals surface area contributed by atoms with Gasteiger partial charge in [-0.1, -0.05) is 12.1 Å². The van der Waals surface area contributed by atoms with Gasteiger partial charge in [-0.3, -0.25) is 9.59 Å². The van der Waals surface area contributed by atoms with Gasteiger partial charge in [0.2, 0.25) is 5.91 Å². The summed E-state index contributed by atoms with van der Waals surface area (Å²) in [6, 6.07) is 6.40. The molecule has 1 saturated heterocycles. The first-order valence-electron chi connectivity index (χ1n) is 6.41. The predicted molar refractivity (Wildman–Crippen MR) is 70.4 cm³/mol. The number of hydrogen-bond donors (Lipinski definition) is 0. The van der Waals surface area contributed by atoms with Gasteiger partial charge in [0.25, 0.3) is 6.43 Å². The van der Waals surface area contributed by atoms with Gasteiger partial charge in [-0.2, -0.15) is 0 Å². The largest absolute Gasteiger partial charge is 0.485 e. The van der Waals surface area contributed by atoms with Crippen LogP contribution in [0.1, 0.15) is 6.42 Å². The van der Waals surface area contributed by atoms with Gasteiger partial charge in [-0.25, -0.2) is 8.78 Å². The second kappa shape index (κ2) is 6.51. The highest BCUT2D eigenvalue weighted by Gasteiger charge is 2.36. The summed E-state index contributed by atoms with van der Waals surface area (Å²) in [7, 11) is 1.26. The van der Waals surface area contributed by atoms with Gasteiger partial charge in [-0.15, -0.1) is 0 Å². The second-order valence-electron chi connectivity index (χ2n) is 4.60. The Kier molecular flexibility index (Phi) is 4.72. The minimum absolute atomic E-state index is 0.0376. The lowest BCUT2D eigenvalue weighted by Crippen LogP contribution is -2.27. The van der Waals surface area contributed by atoms with Crippen molar-refractivity contribution in [3.8, 4) is 5.75 Å². The number of carbonyl (C=O) groups is 2. The Morgan fingerprint density at radius 3 is 2.81 bits per heavy atom. The van der Waals surface area contributed by atoms with Crippen molar-refractivity contribution in [3.05, 3.63) is 24.3 Å². The minimum Gasteiger partial charge on any atom is -0.485 e. The molecule has 1 atom stereocenters. The first kappa shape index (κ1) is 15.2. The van der Waals surface area contributed by atoms with E-state index >= 15 is 0 Å². The molecule has 1 aliphatic heterocycles. The average molecular weight is 299 g/mol. The quantitative estimate of drug-likeness (QED) is 0.779. The third-order valence-electron chi connectivity index (χ3n) is 3.18. The Morgan fingerprint density at radius 2 is 2.14 bits per heavy atom. The number of esters is 1. The van der Waals surface area contributed by atoms with E-state index in [-0.39, 0.29) is 24.6 Å². The molecule has 1 fully saturated rings. The third-order valence-corrected chi connectivity index (χ3v) is 3.18. The molecule has 21 heavy (non-hydrogen) atoms. The van der Waals surface area contributed by atoms with Gasteiger partial charge < -0.3 is 14.4 Å². The number of rotatable bonds is 5. The molecule has 0 bridgehead atoms.